The third-order valence-electron chi connectivity index (χ3n) is 24.6. The van der Waals surface area contributed by atoms with Crippen LogP contribution in [-0.2, 0) is 10.8 Å². The fraction of sp³-hybridized carbons (Fsp3) is 0.0556. The quantitative estimate of drug-likeness (QED) is 0.119. The minimum absolute atomic E-state index is 0.0383. The molecule has 0 atom stereocenters. The van der Waals surface area contributed by atoms with Gasteiger partial charge in [-0.3, -0.25) is 0 Å². The number of hydrogen-bond acceptors (Lipinski definition) is 1. The highest BCUT2D eigenvalue weighted by Crippen LogP contribution is 2.55. The molecule has 0 N–H and O–H groups in total. The Balaban J connectivity index is 0.000000135. The van der Waals surface area contributed by atoms with Gasteiger partial charge in [-0.2, -0.15) is 0 Å². The molecule has 0 fully saturated rings. The van der Waals surface area contributed by atoms with Crippen LogP contribution in [0.5, 0.6) is 0 Å². The minimum atomic E-state index is -0.0428. The highest BCUT2D eigenvalue weighted by molar-refractivity contribution is 6.29. The van der Waals surface area contributed by atoms with Crippen LogP contribution in [0, 0.1) is 0 Å². The number of benzene rings is 20. The van der Waals surface area contributed by atoms with Gasteiger partial charge in [-0.25, -0.2) is 0 Å². The molecule has 20 aromatic carbocycles. The maximum atomic E-state index is 6.20. The van der Waals surface area contributed by atoms with Crippen molar-refractivity contribution in [3.63, 3.8) is 0 Å². The van der Waals surface area contributed by atoms with E-state index in [2.05, 4.69) is 380 Å². The zero-order chi connectivity index (χ0) is 72.4. The van der Waals surface area contributed by atoms with E-state index < -0.39 is 0 Å². The molecule has 1 nitrogen and oxygen atoms in total. The van der Waals surface area contributed by atoms with Gasteiger partial charge in [-0.15, -0.1) is 0 Å². The van der Waals surface area contributed by atoms with E-state index in [0.29, 0.717) is 0 Å². The van der Waals surface area contributed by atoms with Crippen LogP contribution < -0.4 is 0 Å². The fourth-order valence-electron chi connectivity index (χ4n) is 19.3. The maximum Gasteiger partial charge on any atom is 0.135 e. The molecule has 109 heavy (non-hydrogen) atoms. The van der Waals surface area contributed by atoms with Gasteiger partial charge >= 0.3 is 0 Å². The van der Waals surface area contributed by atoms with E-state index in [4.69, 9.17) is 4.42 Å². The summed E-state index contributed by atoms with van der Waals surface area (Å²) >= 11 is 0. The van der Waals surface area contributed by atoms with E-state index in [1.807, 2.05) is 12.1 Å². The number of rotatable bonds is 6. The van der Waals surface area contributed by atoms with E-state index in [-0.39, 0.29) is 10.8 Å². The summed E-state index contributed by atoms with van der Waals surface area (Å²) in [6, 6.07) is 135. The lowest BCUT2D eigenvalue weighted by Gasteiger charge is -2.22. The Hall–Kier alpha value is -13.5. The molecule has 21 aromatic rings. The van der Waals surface area contributed by atoms with E-state index in [9.17, 15) is 0 Å². The topological polar surface area (TPSA) is 13.1 Å². The van der Waals surface area contributed by atoms with Crippen molar-refractivity contribution in [1.29, 1.82) is 0 Å². The lowest BCUT2D eigenvalue weighted by molar-refractivity contribution is 0.661. The second-order valence-electron chi connectivity index (χ2n) is 31.3. The smallest absolute Gasteiger partial charge is 0.135 e. The van der Waals surface area contributed by atoms with Gasteiger partial charge < -0.3 is 4.42 Å². The average Bonchev–Trinajstić information content (AvgIpc) is 0.886. The van der Waals surface area contributed by atoms with Crippen molar-refractivity contribution < 1.29 is 4.42 Å². The second kappa shape index (κ2) is 24.0. The SMILES string of the molecule is CC1(C)c2ccc(-c3ccc(-c4c5ccccc5c(-c5cc6ccc7ccccc7c6c6ccccc56)c5ccccc45)cc3)cc2-c2cc3ccccc3cc21.CC1(C)c2ccc(-c3ccc(-c4c5ccccc5c(-c5ccc6oc7ccccc7c6c5)c5ccccc45)cc3)cc2-c2cc3ccccc3cc21. The average molecular weight is 1390 g/mol. The van der Waals surface area contributed by atoms with Crippen molar-refractivity contribution >= 4 is 119 Å². The molecule has 2 aliphatic carbocycles. The predicted molar refractivity (Wildman–Crippen MR) is 465 cm³/mol. The van der Waals surface area contributed by atoms with E-state index >= 15 is 0 Å². The Bertz CT molecular complexity index is 7330. The summed E-state index contributed by atoms with van der Waals surface area (Å²) in [6.07, 6.45) is 0. The van der Waals surface area contributed by atoms with Crippen LogP contribution in [0.25, 0.3) is 208 Å². The van der Waals surface area contributed by atoms with Gasteiger partial charge in [-0.05, 0) is 269 Å². The van der Waals surface area contributed by atoms with Gasteiger partial charge in [0.05, 0.1) is 0 Å². The monoisotopic (exact) mass is 1380 g/mol. The standard InChI is InChI=1S/C57H38.C51H34O/c1-57(2)52-30-29-40(32-49(52)50-31-38-14-3-4-15-39(38)34-53(50)57)35-23-26-37(27-24-35)54-45-19-9-11-21-47(45)56(48-22-12-10-20-46(48)54)51-33-41-28-25-36-13-5-6-16-42(36)55(41)44-18-8-7-17-43(44)51;1-51(2)45-25-23-35(28-42(45)43-27-33-11-3-4-12-34(33)30-46(43)51)31-19-21-32(22-20-31)49-38-14-5-7-16-40(38)50(41-17-8-6-15-39(41)49)36-24-26-48-44(29-36)37-13-9-10-18-47(37)52-48/h3-34H,1-2H3;3-30H,1-2H3. The van der Waals surface area contributed by atoms with Crippen LogP contribution in [0.4, 0.5) is 0 Å². The second-order valence-corrected chi connectivity index (χ2v) is 31.3. The lowest BCUT2D eigenvalue weighted by Crippen LogP contribution is -2.14. The molecule has 0 spiro atoms. The van der Waals surface area contributed by atoms with Gasteiger partial charge in [0.1, 0.15) is 11.2 Å². The third kappa shape index (κ3) is 9.66. The largest absolute Gasteiger partial charge is 0.456 e. The first-order chi connectivity index (χ1) is 53.6. The van der Waals surface area contributed by atoms with Gasteiger partial charge in [-0.1, -0.05) is 331 Å². The van der Waals surface area contributed by atoms with Crippen molar-refractivity contribution in [2.45, 2.75) is 38.5 Å². The Labute approximate surface area is 632 Å². The first-order valence-electron chi connectivity index (χ1n) is 38.3. The van der Waals surface area contributed by atoms with Gasteiger partial charge in [0.2, 0.25) is 0 Å². The summed E-state index contributed by atoms with van der Waals surface area (Å²) in [5, 5.41) is 25.3. The normalized spacial score (nSPS) is 13.3. The predicted octanol–water partition coefficient (Wildman–Crippen LogP) is 30.3. The van der Waals surface area contributed by atoms with Gasteiger partial charge in [0, 0.05) is 21.6 Å². The minimum Gasteiger partial charge on any atom is -0.456 e. The Kier molecular flexibility index (Phi) is 13.9. The van der Waals surface area contributed by atoms with Gasteiger partial charge in [0.25, 0.3) is 0 Å². The number of fused-ring (bicyclic) bond motifs is 20. The summed E-state index contributed by atoms with van der Waals surface area (Å²) in [6.45, 7) is 9.45. The molecular formula is C108H72O. The Morgan fingerprint density at radius 1 is 0.174 bits per heavy atom. The van der Waals surface area contributed by atoms with Gasteiger partial charge in [0.15, 0.2) is 0 Å². The molecule has 0 radical (unpaired) electrons. The molecule has 1 heterocycles. The van der Waals surface area contributed by atoms with E-state index in [1.54, 1.807) is 0 Å². The molecular weight excluding hydrogens is 1310 g/mol. The molecule has 0 aliphatic heterocycles. The zero-order valence-corrected chi connectivity index (χ0v) is 61.0. The Morgan fingerprint density at radius 2 is 0.495 bits per heavy atom. The molecule has 23 rings (SSSR count). The maximum absolute atomic E-state index is 6.20. The van der Waals surface area contributed by atoms with Crippen LogP contribution in [0.2, 0.25) is 0 Å². The number of hydrogen-bond donors (Lipinski definition) is 0. The summed E-state index contributed by atoms with van der Waals surface area (Å²) in [4.78, 5) is 0. The van der Waals surface area contributed by atoms with Crippen molar-refractivity contribution in [2.75, 3.05) is 0 Å². The van der Waals surface area contributed by atoms with Crippen LogP contribution in [-0.4, -0.2) is 0 Å². The van der Waals surface area contributed by atoms with E-state index in [0.717, 1.165) is 21.9 Å². The molecule has 2 aliphatic rings. The van der Waals surface area contributed by atoms with Crippen molar-refractivity contribution in [2.24, 2.45) is 0 Å². The third-order valence-corrected chi connectivity index (χ3v) is 24.6. The summed E-state index contributed by atoms with van der Waals surface area (Å²) in [5.41, 5.74) is 27.8. The molecule has 0 unspecified atom stereocenters. The highest BCUT2D eigenvalue weighted by Gasteiger charge is 2.38. The van der Waals surface area contributed by atoms with E-state index in [1.165, 1.54) is 208 Å². The molecule has 0 saturated heterocycles. The molecule has 1 heteroatoms. The Morgan fingerprint density at radius 3 is 0.972 bits per heavy atom. The molecule has 0 amide bonds. The fourth-order valence-corrected chi connectivity index (χ4v) is 19.3. The van der Waals surface area contributed by atoms with Crippen LogP contribution in [0.3, 0.4) is 0 Å². The first-order valence-corrected chi connectivity index (χ1v) is 38.3. The first kappa shape index (κ1) is 62.9. The van der Waals surface area contributed by atoms with Crippen LogP contribution in [0.15, 0.2) is 368 Å². The zero-order valence-electron chi connectivity index (χ0n) is 61.0. The lowest BCUT2D eigenvalue weighted by atomic mass is 9.81. The molecule has 510 valence electrons. The number of furan rings is 1. The molecule has 0 saturated carbocycles. The summed E-state index contributed by atoms with van der Waals surface area (Å²) in [5.74, 6) is 0. The highest BCUT2D eigenvalue weighted by atomic mass is 16.3. The van der Waals surface area contributed by atoms with Crippen LogP contribution in [0.1, 0.15) is 49.9 Å². The molecule has 0 bridgehead atoms. The van der Waals surface area contributed by atoms with Crippen LogP contribution >= 0.6 is 0 Å². The summed E-state index contributed by atoms with van der Waals surface area (Å²) < 4.78 is 6.20. The van der Waals surface area contributed by atoms with Crippen molar-refractivity contribution in [1.82, 2.24) is 0 Å². The summed E-state index contributed by atoms with van der Waals surface area (Å²) in [7, 11) is 0. The number of para-hydroxylation sites is 1. The molecule has 1 aromatic heterocycles. The van der Waals surface area contributed by atoms with Crippen molar-refractivity contribution in [3.8, 4) is 89.0 Å². The van der Waals surface area contributed by atoms with Crippen molar-refractivity contribution in [3.05, 3.63) is 386 Å².